The Morgan fingerprint density at radius 2 is 1.88 bits per heavy atom. The minimum Gasteiger partial charge on any atom is -0.443 e. The molecule has 2 aromatic heterocycles. The molecule has 0 fully saturated rings. The molecule has 0 aliphatic rings. The smallest absolute Gasteiger partial charge is 0.278 e. The van der Waals surface area contributed by atoms with Crippen LogP contribution in [0.15, 0.2) is 71.6 Å². The summed E-state index contributed by atoms with van der Waals surface area (Å²) in [5, 5.41) is 3.59. The standard InChI is InChI=1S/C19H12FN3O2/c20-14-7-2-1-5-12(14)18-17(22-11-25-18)19(24)23-16-9-3-8-15-13(16)6-4-10-21-15/h1-11H,(H,23,24). The molecule has 0 spiro atoms. The van der Waals surface area contributed by atoms with E-state index in [2.05, 4.69) is 15.3 Å². The van der Waals surface area contributed by atoms with Crippen molar-refractivity contribution < 1.29 is 13.6 Å². The number of hydrogen-bond donors (Lipinski definition) is 1. The Morgan fingerprint density at radius 3 is 2.76 bits per heavy atom. The molecular weight excluding hydrogens is 321 g/mol. The zero-order valence-electron chi connectivity index (χ0n) is 12.9. The van der Waals surface area contributed by atoms with Crippen molar-refractivity contribution in [1.82, 2.24) is 9.97 Å². The van der Waals surface area contributed by atoms with Crippen LogP contribution >= 0.6 is 0 Å². The molecule has 0 saturated carbocycles. The minimum atomic E-state index is -0.484. The van der Waals surface area contributed by atoms with Crippen LogP contribution in [0.25, 0.3) is 22.2 Å². The maximum Gasteiger partial charge on any atom is 0.278 e. The summed E-state index contributed by atoms with van der Waals surface area (Å²) in [6, 6.07) is 15.1. The highest BCUT2D eigenvalue weighted by Crippen LogP contribution is 2.27. The first-order chi connectivity index (χ1) is 12.2. The second kappa shape index (κ2) is 6.16. The van der Waals surface area contributed by atoms with Gasteiger partial charge in [-0.2, -0.15) is 0 Å². The first-order valence-corrected chi connectivity index (χ1v) is 7.57. The van der Waals surface area contributed by atoms with Gasteiger partial charge in [-0.05, 0) is 36.4 Å². The molecular formula is C19H12FN3O2. The lowest BCUT2D eigenvalue weighted by molar-refractivity contribution is 0.102. The number of carbonyl (C=O) groups is 1. The van der Waals surface area contributed by atoms with E-state index in [0.717, 1.165) is 17.3 Å². The van der Waals surface area contributed by atoms with Gasteiger partial charge in [0.15, 0.2) is 17.8 Å². The number of aromatic nitrogens is 2. The molecule has 1 amide bonds. The minimum absolute atomic E-state index is 0.0194. The Bertz CT molecular complexity index is 1070. The zero-order valence-corrected chi connectivity index (χ0v) is 12.9. The van der Waals surface area contributed by atoms with Gasteiger partial charge >= 0.3 is 0 Å². The van der Waals surface area contributed by atoms with Crippen LogP contribution in [0.1, 0.15) is 10.5 Å². The van der Waals surface area contributed by atoms with E-state index >= 15 is 0 Å². The number of nitrogens with zero attached hydrogens (tertiary/aromatic N) is 2. The highest BCUT2D eigenvalue weighted by molar-refractivity contribution is 6.10. The summed E-state index contributed by atoms with van der Waals surface area (Å²) in [5.41, 5.74) is 1.56. The van der Waals surface area contributed by atoms with Crippen molar-refractivity contribution in [2.75, 3.05) is 5.32 Å². The molecule has 0 bridgehead atoms. The predicted molar refractivity (Wildman–Crippen MR) is 91.6 cm³/mol. The Labute approximate surface area is 142 Å². The lowest BCUT2D eigenvalue weighted by Gasteiger charge is -2.08. The van der Waals surface area contributed by atoms with Crippen molar-refractivity contribution in [2.24, 2.45) is 0 Å². The molecule has 6 heteroatoms. The molecule has 5 nitrogen and oxygen atoms in total. The van der Waals surface area contributed by atoms with Crippen LogP contribution in [0.3, 0.4) is 0 Å². The van der Waals surface area contributed by atoms with Gasteiger partial charge in [0.1, 0.15) is 5.82 Å². The third kappa shape index (κ3) is 2.74. The first-order valence-electron chi connectivity index (χ1n) is 7.57. The SMILES string of the molecule is O=C(Nc1cccc2ncccc12)c1ncoc1-c1ccccc1F. The second-order valence-corrected chi connectivity index (χ2v) is 5.34. The summed E-state index contributed by atoms with van der Waals surface area (Å²) in [7, 11) is 0. The molecule has 0 unspecified atom stereocenters. The normalized spacial score (nSPS) is 10.8. The Kier molecular flexibility index (Phi) is 3.70. The molecule has 1 N–H and O–H groups in total. The van der Waals surface area contributed by atoms with Crippen molar-refractivity contribution in [3.05, 3.63) is 78.7 Å². The summed E-state index contributed by atoms with van der Waals surface area (Å²) in [4.78, 5) is 20.9. The van der Waals surface area contributed by atoms with Crippen LogP contribution in [-0.2, 0) is 0 Å². The molecule has 4 rings (SSSR count). The van der Waals surface area contributed by atoms with Gasteiger partial charge in [-0.15, -0.1) is 0 Å². The number of fused-ring (bicyclic) bond motifs is 1. The van der Waals surface area contributed by atoms with Gasteiger partial charge in [-0.1, -0.05) is 18.2 Å². The third-order valence-corrected chi connectivity index (χ3v) is 3.79. The number of hydrogen-bond acceptors (Lipinski definition) is 4. The van der Waals surface area contributed by atoms with Crippen LogP contribution in [0.2, 0.25) is 0 Å². The first kappa shape index (κ1) is 15.0. The molecule has 2 aromatic carbocycles. The highest BCUT2D eigenvalue weighted by atomic mass is 19.1. The van der Waals surface area contributed by atoms with Crippen molar-refractivity contribution in [2.45, 2.75) is 0 Å². The topological polar surface area (TPSA) is 68.0 Å². The van der Waals surface area contributed by atoms with E-state index in [4.69, 9.17) is 4.42 Å². The highest BCUT2D eigenvalue weighted by Gasteiger charge is 2.21. The third-order valence-electron chi connectivity index (χ3n) is 3.79. The molecule has 2 heterocycles. The van der Waals surface area contributed by atoms with Crippen molar-refractivity contribution in [3.8, 4) is 11.3 Å². The number of oxazole rings is 1. The van der Waals surface area contributed by atoms with Crippen molar-refractivity contribution >= 4 is 22.5 Å². The van der Waals surface area contributed by atoms with Gasteiger partial charge in [0.2, 0.25) is 0 Å². The fraction of sp³-hybridized carbons (Fsp3) is 0. The predicted octanol–water partition coefficient (Wildman–Crippen LogP) is 4.28. The molecule has 122 valence electrons. The number of rotatable bonds is 3. The van der Waals surface area contributed by atoms with Gasteiger partial charge < -0.3 is 9.73 Å². The molecule has 0 aliphatic heterocycles. The number of nitrogens with one attached hydrogen (secondary N) is 1. The quantitative estimate of drug-likeness (QED) is 0.607. The van der Waals surface area contributed by atoms with Crippen molar-refractivity contribution in [3.63, 3.8) is 0 Å². The molecule has 4 aromatic rings. The van der Waals surface area contributed by atoms with Crippen LogP contribution in [0.4, 0.5) is 10.1 Å². The summed E-state index contributed by atoms with van der Waals surface area (Å²) in [5.74, 6) is -0.875. The molecule has 0 atom stereocenters. The maximum absolute atomic E-state index is 14.0. The fourth-order valence-electron chi connectivity index (χ4n) is 2.64. The van der Waals surface area contributed by atoms with E-state index in [-0.39, 0.29) is 17.0 Å². The second-order valence-electron chi connectivity index (χ2n) is 5.34. The average molecular weight is 333 g/mol. The molecule has 25 heavy (non-hydrogen) atoms. The average Bonchev–Trinajstić information content (AvgIpc) is 3.12. The summed E-state index contributed by atoms with van der Waals surface area (Å²) >= 11 is 0. The number of amides is 1. The lowest BCUT2D eigenvalue weighted by Crippen LogP contribution is -2.13. The van der Waals surface area contributed by atoms with Gasteiger partial charge in [0, 0.05) is 11.6 Å². The van der Waals surface area contributed by atoms with E-state index in [0.29, 0.717) is 5.69 Å². The van der Waals surface area contributed by atoms with Gasteiger partial charge in [0.25, 0.3) is 5.91 Å². The Hall–Kier alpha value is -3.54. The van der Waals surface area contributed by atoms with Crippen LogP contribution < -0.4 is 5.32 Å². The monoisotopic (exact) mass is 333 g/mol. The van der Waals surface area contributed by atoms with Gasteiger partial charge in [-0.3, -0.25) is 9.78 Å². The summed E-state index contributed by atoms with van der Waals surface area (Å²) in [6.07, 6.45) is 2.81. The Morgan fingerprint density at radius 1 is 1.00 bits per heavy atom. The van der Waals surface area contributed by atoms with E-state index in [9.17, 15) is 9.18 Å². The Balaban J connectivity index is 1.71. The largest absolute Gasteiger partial charge is 0.443 e. The zero-order chi connectivity index (χ0) is 17.2. The van der Waals surface area contributed by atoms with Crippen LogP contribution in [0.5, 0.6) is 0 Å². The van der Waals surface area contributed by atoms with E-state index in [1.54, 1.807) is 36.5 Å². The van der Waals surface area contributed by atoms with Crippen molar-refractivity contribution in [1.29, 1.82) is 0 Å². The number of pyridine rings is 1. The van der Waals surface area contributed by atoms with E-state index in [1.807, 2.05) is 12.1 Å². The van der Waals surface area contributed by atoms with Gasteiger partial charge in [0.05, 0.1) is 16.8 Å². The van der Waals surface area contributed by atoms with E-state index in [1.165, 1.54) is 12.1 Å². The number of anilines is 1. The fourth-order valence-corrected chi connectivity index (χ4v) is 2.64. The van der Waals surface area contributed by atoms with Crippen LogP contribution in [-0.4, -0.2) is 15.9 Å². The number of halogens is 1. The summed E-state index contributed by atoms with van der Waals surface area (Å²) < 4.78 is 19.3. The van der Waals surface area contributed by atoms with E-state index < -0.39 is 11.7 Å². The number of carbonyl (C=O) groups excluding carboxylic acids is 1. The molecule has 0 radical (unpaired) electrons. The molecule has 0 aliphatic carbocycles. The van der Waals surface area contributed by atoms with Gasteiger partial charge in [-0.25, -0.2) is 9.37 Å². The number of benzene rings is 2. The molecule has 0 saturated heterocycles. The maximum atomic E-state index is 14.0. The van der Waals surface area contributed by atoms with Crippen LogP contribution in [0, 0.1) is 5.82 Å². The lowest BCUT2D eigenvalue weighted by atomic mass is 10.1. The summed E-state index contributed by atoms with van der Waals surface area (Å²) in [6.45, 7) is 0.